The third-order valence-corrected chi connectivity index (χ3v) is 6.53. The van der Waals surface area contributed by atoms with Gasteiger partial charge in [-0.25, -0.2) is 4.98 Å². The molecule has 7 nitrogen and oxygen atoms in total. The number of aromatic amines is 1. The fourth-order valence-corrected chi connectivity index (χ4v) is 4.94. The van der Waals surface area contributed by atoms with Crippen molar-refractivity contribution in [1.29, 1.82) is 5.41 Å². The highest BCUT2D eigenvalue weighted by molar-refractivity contribution is 7.13. The van der Waals surface area contributed by atoms with Crippen molar-refractivity contribution >= 4 is 44.4 Å². The number of H-pyrrole nitrogens is 1. The lowest BCUT2D eigenvalue weighted by atomic mass is 10.1. The first-order chi connectivity index (χ1) is 16.0. The molecule has 0 unspecified atom stereocenters. The lowest BCUT2D eigenvalue weighted by Gasteiger charge is -2.07. The largest absolute Gasteiger partial charge is 0.496 e. The van der Waals surface area contributed by atoms with E-state index in [1.807, 2.05) is 42.8 Å². The Balaban J connectivity index is 1.55. The van der Waals surface area contributed by atoms with Crippen LogP contribution >= 0.6 is 11.3 Å². The van der Waals surface area contributed by atoms with Crippen LogP contribution < -0.4 is 15.7 Å². The zero-order valence-corrected chi connectivity index (χ0v) is 18.5. The van der Waals surface area contributed by atoms with Gasteiger partial charge in [-0.3, -0.25) is 10.2 Å². The Hall–Kier alpha value is -4.17. The summed E-state index contributed by atoms with van der Waals surface area (Å²) in [6, 6.07) is 13.2. The van der Waals surface area contributed by atoms with Gasteiger partial charge in [-0.05, 0) is 36.8 Å². The quantitative estimate of drug-likeness (QED) is 0.338. The summed E-state index contributed by atoms with van der Waals surface area (Å²) in [5, 5.41) is 12.7. The van der Waals surface area contributed by atoms with Crippen LogP contribution in [0.4, 0.5) is 0 Å². The fraction of sp³-hybridized carbons (Fsp3) is 0.0800. The van der Waals surface area contributed by atoms with Crippen molar-refractivity contribution in [2.24, 2.45) is 0 Å². The van der Waals surface area contributed by atoms with E-state index in [2.05, 4.69) is 4.98 Å². The van der Waals surface area contributed by atoms with E-state index in [0.717, 1.165) is 27.0 Å². The van der Waals surface area contributed by atoms with Crippen LogP contribution in [0.15, 0.2) is 67.7 Å². The van der Waals surface area contributed by atoms with Gasteiger partial charge >= 0.3 is 5.78 Å². The molecule has 0 amide bonds. The molecule has 0 aliphatic carbocycles. The number of ether oxygens (including phenoxy) is 1. The minimum atomic E-state index is -0.278. The van der Waals surface area contributed by atoms with E-state index in [1.54, 1.807) is 18.2 Å². The zero-order valence-electron chi connectivity index (χ0n) is 17.7. The van der Waals surface area contributed by atoms with Gasteiger partial charge in [0, 0.05) is 28.0 Å². The second-order valence-electron chi connectivity index (χ2n) is 7.75. The second kappa shape index (κ2) is 7.18. The van der Waals surface area contributed by atoms with Crippen LogP contribution in [0.2, 0.25) is 0 Å². The highest BCUT2D eigenvalue weighted by Crippen LogP contribution is 2.34. The molecule has 0 aliphatic heterocycles. The minimum absolute atomic E-state index is 0.000912. The summed E-state index contributed by atoms with van der Waals surface area (Å²) in [6.45, 7) is 1.88. The van der Waals surface area contributed by atoms with Crippen molar-refractivity contribution in [3.05, 3.63) is 75.4 Å². The Morgan fingerprint density at radius 1 is 1.09 bits per heavy atom. The third-order valence-electron chi connectivity index (χ3n) is 5.65. The molecular weight excluding hydrogens is 438 g/mol. The SMILES string of the molecule is COc1cc(C)cc2oc3oc(=N)c(-c4csc(-c5c[nH]c6ccccc56)n4)cc3c(=O)c12. The van der Waals surface area contributed by atoms with Crippen LogP contribution in [0.1, 0.15) is 5.56 Å². The van der Waals surface area contributed by atoms with Gasteiger partial charge in [-0.2, -0.15) is 0 Å². The van der Waals surface area contributed by atoms with Crippen LogP contribution in [-0.2, 0) is 0 Å². The number of hydrogen-bond donors (Lipinski definition) is 2. The Labute approximate surface area is 190 Å². The minimum Gasteiger partial charge on any atom is -0.496 e. The number of benzene rings is 2. The Kier molecular flexibility index (Phi) is 4.24. The predicted molar refractivity (Wildman–Crippen MR) is 128 cm³/mol. The average molecular weight is 455 g/mol. The van der Waals surface area contributed by atoms with Crippen molar-refractivity contribution < 1.29 is 13.6 Å². The fourth-order valence-electron chi connectivity index (χ4n) is 4.09. The molecule has 0 aliphatic rings. The summed E-state index contributed by atoms with van der Waals surface area (Å²) < 4.78 is 16.9. The maximum absolute atomic E-state index is 13.3. The van der Waals surface area contributed by atoms with E-state index < -0.39 is 0 Å². The molecule has 0 bridgehead atoms. The lowest BCUT2D eigenvalue weighted by Crippen LogP contribution is -2.09. The predicted octanol–water partition coefficient (Wildman–Crippen LogP) is 5.61. The first-order valence-electron chi connectivity index (χ1n) is 10.2. The summed E-state index contributed by atoms with van der Waals surface area (Å²) in [5.74, 6) is 0.438. The molecule has 0 spiro atoms. The van der Waals surface area contributed by atoms with E-state index >= 15 is 0 Å². The molecule has 33 heavy (non-hydrogen) atoms. The molecule has 0 radical (unpaired) electrons. The zero-order chi connectivity index (χ0) is 22.7. The molecule has 0 saturated carbocycles. The van der Waals surface area contributed by atoms with Gasteiger partial charge < -0.3 is 18.6 Å². The normalized spacial score (nSPS) is 11.6. The van der Waals surface area contributed by atoms with Gasteiger partial charge in [-0.15, -0.1) is 11.3 Å². The van der Waals surface area contributed by atoms with Crippen LogP contribution in [0.5, 0.6) is 5.75 Å². The number of hydrogen-bond acceptors (Lipinski definition) is 7. The number of aryl methyl sites for hydroxylation is 1. The molecule has 4 aromatic heterocycles. The Morgan fingerprint density at radius 2 is 1.94 bits per heavy atom. The molecule has 162 valence electrons. The maximum Gasteiger partial charge on any atom is 0.303 e. The van der Waals surface area contributed by atoms with Crippen LogP contribution in [0, 0.1) is 12.3 Å². The highest BCUT2D eigenvalue weighted by atomic mass is 32.1. The monoisotopic (exact) mass is 455 g/mol. The van der Waals surface area contributed by atoms with Crippen molar-refractivity contribution in [2.75, 3.05) is 7.11 Å². The average Bonchev–Trinajstić information content (AvgIpc) is 3.45. The first kappa shape index (κ1) is 19.5. The summed E-state index contributed by atoms with van der Waals surface area (Å²) in [7, 11) is 1.52. The summed E-state index contributed by atoms with van der Waals surface area (Å²) >= 11 is 1.47. The topological polar surface area (TPSA) is 105 Å². The van der Waals surface area contributed by atoms with Gasteiger partial charge in [0.15, 0.2) is 0 Å². The van der Waals surface area contributed by atoms with Gasteiger partial charge in [0.2, 0.25) is 11.0 Å². The van der Waals surface area contributed by atoms with Gasteiger partial charge in [-0.1, -0.05) is 18.2 Å². The Morgan fingerprint density at radius 3 is 2.79 bits per heavy atom. The number of nitrogens with zero attached hydrogens (tertiary/aromatic N) is 1. The second-order valence-corrected chi connectivity index (χ2v) is 8.61. The molecule has 8 heteroatoms. The summed E-state index contributed by atoms with van der Waals surface area (Å²) in [6.07, 6.45) is 1.93. The van der Waals surface area contributed by atoms with E-state index in [4.69, 9.17) is 24.0 Å². The van der Waals surface area contributed by atoms with E-state index in [9.17, 15) is 4.79 Å². The van der Waals surface area contributed by atoms with E-state index in [0.29, 0.717) is 28.0 Å². The number of para-hydroxylation sites is 1. The van der Waals surface area contributed by atoms with Crippen LogP contribution in [0.25, 0.3) is 54.9 Å². The molecule has 2 N–H and O–H groups in total. The number of methoxy groups -OCH3 is 1. The molecule has 6 rings (SSSR count). The Bertz CT molecular complexity index is 1820. The third kappa shape index (κ3) is 2.99. The van der Waals surface area contributed by atoms with Crippen LogP contribution in [0.3, 0.4) is 0 Å². The standard InChI is InChI=1S/C25H17N3O4S/c1-12-7-19(30-2)21-20(8-12)31-25-15(22(21)29)9-14(23(26)32-25)18-11-33-24(28-18)16-10-27-17-6-4-3-5-13(16)17/h3-11,26-27H,1-2H3. The van der Waals surface area contributed by atoms with Crippen molar-refractivity contribution in [2.45, 2.75) is 6.92 Å². The van der Waals surface area contributed by atoms with Crippen molar-refractivity contribution in [1.82, 2.24) is 9.97 Å². The molecule has 6 aromatic rings. The summed E-state index contributed by atoms with van der Waals surface area (Å²) in [4.78, 5) is 21.3. The smallest absolute Gasteiger partial charge is 0.303 e. The first-order valence-corrected chi connectivity index (χ1v) is 11.1. The van der Waals surface area contributed by atoms with E-state index in [1.165, 1.54) is 18.4 Å². The number of thiazole rings is 1. The number of nitrogens with one attached hydrogen (secondary N) is 2. The molecule has 0 atom stereocenters. The molecular formula is C25H17N3O4S. The van der Waals surface area contributed by atoms with Crippen molar-refractivity contribution in [3.63, 3.8) is 0 Å². The molecule has 2 aromatic carbocycles. The number of aromatic nitrogens is 2. The van der Waals surface area contributed by atoms with Gasteiger partial charge in [0.25, 0.3) is 0 Å². The van der Waals surface area contributed by atoms with Crippen LogP contribution in [-0.4, -0.2) is 17.1 Å². The maximum atomic E-state index is 13.3. The molecule has 4 heterocycles. The lowest BCUT2D eigenvalue weighted by molar-refractivity contribution is 0.417. The molecule has 0 saturated heterocycles. The van der Waals surface area contributed by atoms with Crippen molar-refractivity contribution in [3.8, 4) is 27.6 Å². The van der Waals surface area contributed by atoms with Gasteiger partial charge in [0.05, 0.1) is 18.4 Å². The number of fused-ring (bicyclic) bond motifs is 3. The van der Waals surface area contributed by atoms with Gasteiger partial charge in [0.1, 0.15) is 27.1 Å². The summed E-state index contributed by atoms with van der Waals surface area (Å²) in [5.41, 5.74) is 3.83. The highest BCUT2D eigenvalue weighted by Gasteiger charge is 2.18. The van der Waals surface area contributed by atoms with E-state index in [-0.39, 0.29) is 22.1 Å². The number of rotatable bonds is 3. The molecule has 0 fully saturated rings.